The standard InChI is InChI=1S/C19H21BrN2O2/c1-14(21-19(24)16-6-4-3-5-7-16)12-18(23)22(2)13-15-8-10-17(20)11-9-15/h3-11,14H,12-13H2,1-2H3,(H,21,24). The van der Waals surface area contributed by atoms with Crippen LogP contribution in [0.2, 0.25) is 0 Å². The Hall–Kier alpha value is -2.14. The molecule has 24 heavy (non-hydrogen) atoms. The van der Waals surface area contributed by atoms with Gasteiger partial charge in [0.15, 0.2) is 0 Å². The number of carbonyl (C=O) groups is 2. The summed E-state index contributed by atoms with van der Waals surface area (Å²) < 4.78 is 1.01. The fourth-order valence-electron chi connectivity index (χ4n) is 2.32. The summed E-state index contributed by atoms with van der Waals surface area (Å²) in [6.07, 6.45) is 0.269. The molecule has 0 bridgehead atoms. The number of benzene rings is 2. The van der Waals surface area contributed by atoms with Gasteiger partial charge >= 0.3 is 0 Å². The summed E-state index contributed by atoms with van der Waals surface area (Å²) in [6.45, 7) is 2.39. The van der Waals surface area contributed by atoms with Gasteiger partial charge in [0.05, 0.1) is 0 Å². The normalized spacial score (nSPS) is 11.6. The number of rotatable bonds is 6. The van der Waals surface area contributed by atoms with E-state index in [1.54, 1.807) is 24.1 Å². The maximum absolute atomic E-state index is 12.3. The van der Waals surface area contributed by atoms with Crippen molar-refractivity contribution in [2.24, 2.45) is 0 Å². The van der Waals surface area contributed by atoms with Crippen molar-refractivity contribution in [1.29, 1.82) is 0 Å². The second kappa shape index (κ2) is 8.64. The van der Waals surface area contributed by atoms with Gasteiger partial charge in [0.25, 0.3) is 5.91 Å². The molecule has 1 atom stereocenters. The predicted octanol–water partition coefficient (Wildman–Crippen LogP) is 3.62. The van der Waals surface area contributed by atoms with Crippen molar-refractivity contribution in [2.45, 2.75) is 25.9 Å². The zero-order valence-electron chi connectivity index (χ0n) is 13.8. The second-order valence-electron chi connectivity index (χ2n) is 5.82. The van der Waals surface area contributed by atoms with Crippen molar-refractivity contribution >= 4 is 27.7 Å². The number of hydrogen-bond acceptors (Lipinski definition) is 2. The summed E-state index contributed by atoms with van der Waals surface area (Å²) in [4.78, 5) is 26.1. The third-order valence-corrected chi connectivity index (χ3v) is 4.18. The highest BCUT2D eigenvalue weighted by atomic mass is 79.9. The SMILES string of the molecule is CC(CC(=O)N(C)Cc1ccc(Br)cc1)NC(=O)c1ccccc1. The van der Waals surface area contributed by atoms with Crippen molar-refractivity contribution in [1.82, 2.24) is 10.2 Å². The van der Waals surface area contributed by atoms with Crippen molar-refractivity contribution in [2.75, 3.05) is 7.05 Å². The number of nitrogens with one attached hydrogen (secondary N) is 1. The molecular weight excluding hydrogens is 368 g/mol. The average Bonchev–Trinajstić information content (AvgIpc) is 2.57. The molecule has 4 nitrogen and oxygen atoms in total. The number of amides is 2. The van der Waals surface area contributed by atoms with E-state index in [0.717, 1.165) is 10.0 Å². The van der Waals surface area contributed by atoms with Gasteiger partial charge in [-0.2, -0.15) is 0 Å². The van der Waals surface area contributed by atoms with Crippen LogP contribution < -0.4 is 5.32 Å². The average molecular weight is 389 g/mol. The number of carbonyl (C=O) groups excluding carboxylic acids is 2. The summed E-state index contributed by atoms with van der Waals surface area (Å²) in [5, 5.41) is 2.86. The molecule has 5 heteroatoms. The quantitative estimate of drug-likeness (QED) is 0.821. The van der Waals surface area contributed by atoms with Gasteiger partial charge in [-0.25, -0.2) is 0 Å². The number of hydrogen-bond donors (Lipinski definition) is 1. The van der Waals surface area contributed by atoms with E-state index < -0.39 is 0 Å². The largest absolute Gasteiger partial charge is 0.349 e. The molecule has 0 aliphatic carbocycles. The molecule has 2 rings (SSSR count). The van der Waals surface area contributed by atoms with E-state index >= 15 is 0 Å². The molecule has 0 saturated heterocycles. The summed E-state index contributed by atoms with van der Waals surface area (Å²) in [5.41, 5.74) is 1.66. The fraction of sp³-hybridized carbons (Fsp3) is 0.263. The van der Waals surface area contributed by atoms with Crippen molar-refractivity contribution in [3.05, 3.63) is 70.2 Å². The Labute approximate surface area is 151 Å². The zero-order chi connectivity index (χ0) is 17.5. The molecule has 126 valence electrons. The lowest BCUT2D eigenvalue weighted by atomic mass is 10.1. The monoisotopic (exact) mass is 388 g/mol. The summed E-state index contributed by atoms with van der Waals surface area (Å²) in [5.74, 6) is -0.162. The van der Waals surface area contributed by atoms with Gasteiger partial charge in [-0.05, 0) is 36.8 Å². The van der Waals surface area contributed by atoms with Crippen LogP contribution in [0.25, 0.3) is 0 Å². The van der Waals surface area contributed by atoms with Crippen LogP contribution in [0.1, 0.15) is 29.3 Å². The molecule has 1 unspecified atom stereocenters. The fourth-order valence-corrected chi connectivity index (χ4v) is 2.58. The van der Waals surface area contributed by atoms with Crippen molar-refractivity contribution in [3.63, 3.8) is 0 Å². The minimum absolute atomic E-state index is 0.00113. The molecule has 0 spiro atoms. The molecule has 0 fully saturated rings. The van der Waals surface area contributed by atoms with Crippen molar-refractivity contribution in [3.8, 4) is 0 Å². The third kappa shape index (κ3) is 5.49. The highest BCUT2D eigenvalue weighted by molar-refractivity contribution is 9.10. The van der Waals surface area contributed by atoms with Gasteiger partial charge in [-0.1, -0.05) is 46.3 Å². The van der Waals surface area contributed by atoms with Crippen molar-refractivity contribution < 1.29 is 9.59 Å². The van der Waals surface area contributed by atoms with Crippen LogP contribution in [0.5, 0.6) is 0 Å². The summed E-state index contributed by atoms with van der Waals surface area (Å²) in [6, 6.07) is 16.6. The Morgan fingerprint density at radius 2 is 1.71 bits per heavy atom. The first-order chi connectivity index (χ1) is 11.5. The summed E-state index contributed by atoms with van der Waals surface area (Å²) in [7, 11) is 1.77. The van der Waals surface area contributed by atoms with Crippen LogP contribution in [-0.4, -0.2) is 29.8 Å². The van der Waals surface area contributed by atoms with Gasteiger partial charge in [0.1, 0.15) is 0 Å². The Bertz CT molecular complexity index is 686. The topological polar surface area (TPSA) is 49.4 Å². The Morgan fingerprint density at radius 1 is 1.08 bits per heavy atom. The van der Waals surface area contributed by atoms with Crippen LogP contribution in [0, 0.1) is 0 Å². The number of halogens is 1. The van der Waals surface area contributed by atoms with E-state index in [0.29, 0.717) is 12.1 Å². The lowest BCUT2D eigenvalue weighted by molar-refractivity contribution is -0.130. The third-order valence-electron chi connectivity index (χ3n) is 3.65. The Kier molecular flexibility index (Phi) is 6.55. The first kappa shape index (κ1) is 18.2. The molecule has 0 heterocycles. The van der Waals surface area contributed by atoms with E-state index in [2.05, 4.69) is 21.2 Å². The minimum atomic E-state index is -0.224. The van der Waals surface area contributed by atoms with Gasteiger partial charge < -0.3 is 10.2 Å². The van der Waals surface area contributed by atoms with Crippen LogP contribution in [0.3, 0.4) is 0 Å². The molecule has 1 N–H and O–H groups in total. The first-order valence-corrected chi connectivity index (χ1v) is 8.59. The Morgan fingerprint density at radius 3 is 2.33 bits per heavy atom. The van der Waals surface area contributed by atoms with Crippen LogP contribution in [0.4, 0.5) is 0 Å². The molecule has 2 amide bonds. The highest BCUT2D eigenvalue weighted by Gasteiger charge is 2.16. The van der Waals surface area contributed by atoms with E-state index in [9.17, 15) is 9.59 Å². The van der Waals surface area contributed by atoms with E-state index in [-0.39, 0.29) is 24.3 Å². The molecule has 0 aliphatic heterocycles. The van der Waals surface area contributed by atoms with E-state index in [1.807, 2.05) is 49.4 Å². The highest BCUT2D eigenvalue weighted by Crippen LogP contribution is 2.12. The first-order valence-electron chi connectivity index (χ1n) is 7.80. The smallest absolute Gasteiger partial charge is 0.251 e. The van der Waals surface area contributed by atoms with Gasteiger partial charge in [0, 0.05) is 36.1 Å². The van der Waals surface area contributed by atoms with E-state index in [1.165, 1.54) is 0 Å². The second-order valence-corrected chi connectivity index (χ2v) is 6.74. The Balaban J connectivity index is 1.84. The molecule has 0 saturated carbocycles. The van der Waals surface area contributed by atoms with Crippen LogP contribution in [-0.2, 0) is 11.3 Å². The lowest BCUT2D eigenvalue weighted by Gasteiger charge is -2.20. The van der Waals surface area contributed by atoms with Gasteiger partial charge in [-0.3, -0.25) is 9.59 Å². The maximum atomic E-state index is 12.3. The lowest BCUT2D eigenvalue weighted by Crippen LogP contribution is -2.37. The van der Waals surface area contributed by atoms with Crippen LogP contribution in [0.15, 0.2) is 59.1 Å². The molecule has 0 radical (unpaired) electrons. The minimum Gasteiger partial charge on any atom is -0.349 e. The van der Waals surface area contributed by atoms with Gasteiger partial charge in [0.2, 0.25) is 5.91 Å². The maximum Gasteiger partial charge on any atom is 0.251 e. The predicted molar refractivity (Wildman–Crippen MR) is 98.6 cm³/mol. The molecule has 0 aromatic heterocycles. The van der Waals surface area contributed by atoms with Crippen LogP contribution >= 0.6 is 15.9 Å². The summed E-state index contributed by atoms with van der Waals surface area (Å²) >= 11 is 3.39. The number of nitrogens with zero attached hydrogens (tertiary/aromatic N) is 1. The zero-order valence-corrected chi connectivity index (χ0v) is 15.4. The molecule has 2 aromatic carbocycles. The molecular formula is C19H21BrN2O2. The molecule has 0 aliphatic rings. The molecule has 2 aromatic rings. The van der Waals surface area contributed by atoms with E-state index in [4.69, 9.17) is 0 Å². The van der Waals surface area contributed by atoms with Gasteiger partial charge in [-0.15, -0.1) is 0 Å².